The van der Waals surface area contributed by atoms with E-state index in [4.69, 9.17) is 18.4 Å². The Morgan fingerprint density at radius 3 is 2.87 bits per heavy atom. The van der Waals surface area contributed by atoms with E-state index in [1.54, 1.807) is 19.5 Å². The number of aromatic nitrogens is 1. The van der Waals surface area contributed by atoms with E-state index in [0.717, 1.165) is 53.8 Å². The largest absolute Gasteiger partial charge is 0.493 e. The molecule has 0 amide bonds. The van der Waals surface area contributed by atoms with Gasteiger partial charge in [-0.05, 0) is 59.9 Å². The molecule has 31 heavy (non-hydrogen) atoms. The van der Waals surface area contributed by atoms with Crippen molar-refractivity contribution in [3.05, 3.63) is 71.0 Å². The zero-order valence-electron chi connectivity index (χ0n) is 17.2. The summed E-state index contributed by atoms with van der Waals surface area (Å²) in [6, 6.07) is 12.8. The molecule has 4 heterocycles. The van der Waals surface area contributed by atoms with Gasteiger partial charge < -0.3 is 18.4 Å². The first-order valence-corrected chi connectivity index (χ1v) is 11.1. The molecule has 1 aromatic heterocycles. The van der Waals surface area contributed by atoms with Crippen molar-refractivity contribution in [2.75, 3.05) is 20.4 Å². The normalized spacial score (nSPS) is 18.7. The maximum atomic E-state index is 6.21. The second kappa shape index (κ2) is 7.66. The van der Waals surface area contributed by atoms with Crippen LogP contribution < -0.4 is 18.4 Å². The van der Waals surface area contributed by atoms with E-state index in [-0.39, 0.29) is 0 Å². The Balaban J connectivity index is 1.34. The minimum Gasteiger partial charge on any atom is -0.493 e. The van der Waals surface area contributed by atoms with E-state index >= 15 is 0 Å². The standard InChI is InChI=1S/C24H22N2O4S/c1-27-21-5-4-15-9-20-18-11-23-22(28-14-29-23)10-16(18)6-8-26(20)13-19(15)24(21)30-31-17-3-2-7-25-12-17/h2-5,7,10-12,20H,6,8-9,13-14H2,1H3. The molecule has 3 aliphatic heterocycles. The minimum absolute atomic E-state index is 0.310. The summed E-state index contributed by atoms with van der Waals surface area (Å²) >= 11 is 1.32. The third-order valence-electron chi connectivity index (χ3n) is 6.27. The number of pyridine rings is 1. The fraction of sp³-hybridized carbons (Fsp3) is 0.292. The molecule has 7 heteroatoms. The molecule has 2 aromatic carbocycles. The van der Waals surface area contributed by atoms with Gasteiger partial charge in [-0.3, -0.25) is 9.88 Å². The van der Waals surface area contributed by atoms with Crippen LogP contribution in [0.1, 0.15) is 28.3 Å². The summed E-state index contributed by atoms with van der Waals surface area (Å²) in [5.41, 5.74) is 5.22. The number of hydrogen-bond donors (Lipinski definition) is 0. The zero-order chi connectivity index (χ0) is 20.8. The smallest absolute Gasteiger partial charge is 0.231 e. The summed E-state index contributed by atoms with van der Waals surface area (Å²) in [5.74, 6) is 3.30. The average molecular weight is 435 g/mol. The van der Waals surface area contributed by atoms with Gasteiger partial charge in [-0.25, -0.2) is 0 Å². The van der Waals surface area contributed by atoms with Crippen LogP contribution in [0.2, 0.25) is 0 Å². The van der Waals surface area contributed by atoms with Gasteiger partial charge in [0.15, 0.2) is 23.0 Å². The molecule has 3 aliphatic rings. The van der Waals surface area contributed by atoms with Crippen LogP contribution in [0, 0.1) is 0 Å². The summed E-state index contributed by atoms with van der Waals surface area (Å²) in [5, 5.41) is 0. The molecule has 0 radical (unpaired) electrons. The van der Waals surface area contributed by atoms with Gasteiger partial charge in [0.05, 0.1) is 24.0 Å². The molecule has 0 saturated carbocycles. The molecule has 0 bridgehead atoms. The lowest BCUT2D eigenvalue weighted by Gasteiger charge is -2.41. The lowest BCUT2D eigenvalue weighted by molar-refractivity contribution is 0.159. The predicted molar refractivity (Wildman–Crippen MR) is 117 cm³/mol. The van der Waals surface area contributed by atoms with E-state index < -0.39 is 0 Å². The minimum atomic E-state index is 0.310. The second-order valence-electron chi connectivity index (χ2n) is 7.93. The average Bonchev–Trinajstić information content (AvgIpc) is 3.28. The van der Waals surface area contributed by atoms with Crippen molar-refractivity contribution in [3.8, 4) is 23.0 Å². The summed E-state index contributed by atoms with van der Waals surface area (Å²) in [4.78, 5) is 7.66. The van der Waals surface area contributed by atoms with Gasteiger partial charge in [-0.2, -0.15) is 0 Å². The molecule has 1 atom stereocenters. The van der Waals surface area contributed by atoms with Crippen molar-refractivity contribution < 1.29 is 18.4 Å². The Bertz CT molecular complexity index is 1140. The lowest BCUT2D eigenvalue weighted by atomic mass is 9.83. The van der Waals surface area contributed by atoms with E-state index in [0.29, 0.717) is 12.8 Å². The maximum Gasteiger partial charge on any atom is 0.231 e. The summed E-state index contributed by atoms with van der Waals surface area (Å²) < 4.78 is 23.1. The van der Waals surface area contributed by atoms with Crippen LogP contribution in [0.5, 0.6) is 23.0 Å². The van der Waals surface area contributed by atoms with Crippen molar-refractivity contribution in [1.29, 1.82) is 0 Å². The number of fused-ring (bicyclic) bond motifs is 5. The second-order valence-corrected chi connectivity index (χ2v) is 8.74. The lowest BCUT2D eigenvalue weighted by Crippen LogP contribution is -2.39. The Hall–Kier alpha value is -2.90. The fourth-order valence-electron chi connectivity index (χ4n) is 4.73. The fourth-order valence-corrected chi connectivity index (χ4v) is 5.33. The topological polar surface area (TPSA) is 53.1 Å². The molecule has 3 aromatic rings. The summed E-state index contributed by atoms with van der Waals surface area (Å²) in [6.45, 7) is 2.14. The van der Waals surface area contributed by atoms with E-state index in [9.17, 15) is 0 Å². The molecule has 6 nitrogen and oxygen atoms in total. The molecule has 0 saturated heterocycles. The Morgan fingerprint density at radius 1 is 1.13 bits per heavy atom. The van der Waals surface area contributed by atoms with Crippen LogP contribution in [0.15, 0.2) is 53.7 Å². The van der Waals surface area contributed by atoms with Gasteiger partial charge in [0.1, 0.15) is 0 Å². The molecule has 1 unspecified atom stereocenters. The maximum absolute atomic E-state index is 6.21. The number of hydrogen-bond acceptors (Lipinski definition) is 7. The quantitative estimate of drug-likeness (QED) is 0.558. The molecule has 158 valence electrons. The summed E-state index contributed by atoms with van der Waals surface area (Å²) in [6.07, 6.45) is 5.49. The van der Waals surface area contributed by atoms with Gasteiger partial charge in [0.2, 0.25) is 6.79 Å². The van der Waals surface area contributed by atoms with Crippen LogP contribution in [0.3, 0.4) is 0 Å². The first-order chi connectivity index (χ1) is 15.3. The van der Waals surface area contributed by atoms with E-state index in [2.05, 4.69) is 28.1 Å². The van der Waals surface area contributed by atoms with Crippen LogP contribution in [0.25, 0.3) is 0 Å². The highest BCUT2D eigenvalue weighted by atomic mass is 32.2. The summed E-state index contributed by atoms with van der Waals surface area (Å²) in [7, 11) is 1.69. The molecule has 6 rings (SSSR count). The van der Waals surface area contributed by atoms with Gasteiger partial charge in [0, 0.05) is 37.1 Å². The van der Waals surface area contributed by atoms with Gasteiger partial charge in [-0.15, -0.1) is 0 Å². The number of ether oxygens (including phenoxy) is 3. The zero-order valence-corrected chi connectivity index (χ0v) is 18.0. The van der Waals surface area contributed by atoms with Crippen molar-refractivity contribution in [2.45, 2.75) is 30.3 Å². The highest BCUT2D eigenvalue weighted by Gasteiger charge is 2.35. The Kier molecular flexibility index (Phi) is 4.65. The van der Waals surface area contributed by atoms with Crippen LogP contribution in [0.4, 0.5) is 0 Å². The first kappa shape index (κ1) is 18.8. The molecular weight excluding hydrogens is 412 g/mol. The number of nitrogens with zero attached hydrogens (tertiary/aromatic N) is 2. The van der Waals surface area contributed by atoms with Crippen molar-refractivity contribution in [2.24, 2.45) is 0 Å². The highest BCUT2D eigenvalue weighted by Crippen LogP contribution is 2.47. The number of methoxy groups -OCH3 is 1. The number of benzene rings is 2. The molecule has 0 spiro atoms. The third kappa shape index (κ3) is 3.28. The van der Waals surface area contributed by atoms with E-state index in [1.807, 2.05) is 18.2 Å². The van der Waals surface area contributed by atoms with Crippen molar-refractivity contribution in [1.82, 2.24) is 9.88 Å². The highest BCUT2D eigenvalue weighted by molar-refractivity contribution is 7.95. The van der Waals surface area contributed by atoms with Crippen LogP contribution in [-0.2, 0) is 19.4 Å². The molecule has 0 N–H and O–H groups in total. The predicted octanol–water partition coefficient (Wildman–Crippen LogP) is 4.56. The van der Waals surface area contributed by atoms with Crippen LogP contribution in [-0.4, -0.2) is 30.3 Å². The van der Waals surface area contributed by atoms with E-state index in [1.165, 1.54) is 34.3 Å². The first-order valence-electron chi connectivity index (χ1n) is 10.4. The molecule has 0 fully saturated rings. The monoisotopic (exact) mass is 434 g/mol. The van der Waals surface area contributed by atoms with Gasteiger partial charge in [-0.1, -0.05) is 6.07 Å². The van der Waals surface area contributed by atoms with Crippen molar-refractivity contribution >= 4 is 12.0 Å². The van der Waals surface area contributed by atoms with Gasteiger partial charge >= 0.3 is 0 Å². The Labute approximate surface area is 185 Å². The SMILES string of the molecule is COc1ccc2c(c1OSc1cccnc1)CN1CCc3cc4c(cc3C1C2)OCO4. The molecule has 0 aliphatic carbocycles. The Morgan fingerprint density at radius 2 is 2.03 bits per heavy atom. The number of rotatable bonds is 4. The van der Waals surface area contributed by atoms with Crippen molar-refractivity contribution in [3.63, 3.8) is 0 Å². The van der Waals surface area contributed by atoms with Crippen LogP contribution >= 0.6 is 12.0 Å². The third-order valence-corrected chi connectivity index (χ3v) is 6.96. The van der Waals surface area contributed by atoms with Gasteiger partial charge in [0.25, 0.3) is 0 Å². The molecular formula is C24H22N2O4S.